The third kappa shape index (κ3) is 3.73. The molecular formula is C9H9N4NaO4S2. The Morgan fingerprint density at radius 3 is 2.40 bits per heavy atom. The molecule has 102 valence electrons. The fourth-order valence-electron chi connectivity index (χ4n) is 1.39. The van der Waals surface area contributed by atoms with Crippen LogP contribution in [0.4, 0.5) is 0 Å². The Bertz CT molecular complexity index is 738. The minimum absolute atomic E-state index is 0. The average molecular weight is 324 g/mol. The molecule has 1 aromatic carbocycles. The van der Waals surface area contributed by atoms with Gasteiger partial charge in [-0.05, 0) is 46.9 Å². The largest absolute Gasteiger partial charge is 1.00 e. The number of hydrogen-bond donors (Lipinski definition) is 0. The molecule has 0 saturated heterocycles. The minimum atomic E-state index is -4.46. The number of tetrazole rings is 1. The first-order valence-electron chi connectivity index (χ1n) is 5.01. The Morgan fingerprint density at radius 1 is 1.30 bits per heavy atom. The maximum absolute atomic E-state index is 10.8. The molecule has 1 heterocycles. The summed E-state index contributed by atoms with van der Waals surface area (Å²) in [5, 5.41) is 7.59. The normalized spacial score (nSPS) is 11.1. The first-order valence-corrected chi connectivity index (χ1v) is 6.83. The zero-order chi connectivity index (χ0) is 14.0. The van der Waals surface area contributed by atoms with Crippen LogP contribution in [0.1, 0.15) is 0 Å². The summed E-state index contributed by atoms with van der Waals surface area (Å²) in [4.78, 5) is -0.313. The van der Waals surface area contributed by atoms with Crippen molar-refractivity contribution < 1.29 is 47.3 Å². The van der Waals surface area contributed by atoms with Crippen molar-refractivity contribution in [2.75, 3.05) is 7.11 Å². The van der Waals surface area contributed by atoms with E-state index in [0.717, 1.165) is 0 Å². The van der Waals surface area contributed by atoms with Crippen LogP contribution in [0.5, 0.6) is 0 Å². The van der Waals surface area contributed by atoms with E-state index in [1.54, 1.807) is 0 Å². The molecule has 11 heteroatoms. The number of hydrogen-bond acceptors (Lipinski definition) is 7. The van der Waals surface area contributed by atoms with Crippen LogP contribution < -0.4 is 29.6 Å². The maximum Gasteiger partial charge on any atom is 1.00 e. The molecule has 0 radical (unpaired) electrons. The monoisotopic (exact) mass is 324 g/mol. The van der Waals surface area contributed by atoms with Gasteiger partial charge in [0.1, 0.15) is 16.8 Å². The van der Waals surface area contributed by atoms with Crippen LogP contribution in [0.25, 0.3) is 5.69 Å². The topological polar surface area (TPSA) is 102 Å². The van der Waals surface area contributed by atoms with Gasteiger partial charge in [-0.15, -0.1) is 0 Å². The van der Waals surface area contributed by atoms with Crippen molar-refractivity contribution in [3.63, 3.8) is 0 Å². The predicted octanol–water partition coefficient (Wildman–Crippen LogP) is -2.69. The Labute approximate surface area is 142 Å². The van der Waals surface area contributed by atoms with Gasteiger partial charge in [-0.3, -0.25) is 0 Å². The Kier molecular flexibility index (Phi) is 6.01. The molecule has 0 unspecified atom stereocenters. The third-order valence-electron chi connectivity index (χ3n) is 2.26. The quantitative estimate of drug-likeness (QED) is 0.343. The molecule has 20 heavy (non-hydrogen) atoms. The van der Waals surface area contributed by atoms with E-state index in [2.05, 4.69) is 10.4 Å². The van der Waals surface area contributed by atoms with Gasteiger partial charge < -0.3 is 9.29 Å². The van der Waals surface area contributed by atoms with Crippen molar-refractivity contribution in [1.82, 2.24) is 19.8 Å². The van der Waals surface area contributed by atoms with Crippen LogP contribution in [0.2, 0.25) is 0 Å². The Balaban J connectivity index is 0.00000200. The molecule has 0 fully saturated rings. The zero-order valence-corrected chi connectivity index (χ0v) is 14.4. The molecule has 2 rings (SSSR count). The average Bonchev–Trinajstić information content (AvgIpc) is 2.71. The first kappa shape index (κ1) is 17.4. The third-order valence-corrected chi connectivity index (χ3v) is 3.49. The summed E-state index contributed by atoms with van der Waals surface area (Å²) in [6, 6.07) is 5.22. The van der Waals surface area contributed by atoms with Gasteiger partial charge in [-0.2, -0.15) is 9.36 Å². The molecular weight excluding hydrogens is 315 g/mol. The summed E-state index contributed by atoms with van der Waals surface area (Å²) in [6.07, 6.45) is 0. The standard InChI is InChI=1S/C9H10N4O4S2.Na/c1-17-6-12-9(18)13(11-10-12)7-2-4-8(5-3-7)19(14,15)16;/h2-5H,6H2,1H3,(H,14,15,16);/q;+1/p-1. The SMILES string of the molecule is COCn1nnn(-c2ccc(S(=O)(=O)[O-])cc2)c1=S.[Na+]. The zero-order valence-electron chi connectivity index (χ0n) is 10.8. The summed E-state index contributed by atoms with van der Waals surface area (Å²) in [5.74, 6) is 0. The summed E-state index contributed by atoms with van der Waals surface area (Å²) in [5.41, 5.74) is 0.500. The van der Waals surface area contributed by atoms with Crippen molar-refractivity contribution >= 4 is 22.3 Å². The van der Waals surface area contributed by atoms with Crippen LogP contribution in [0.15, 0.2) is 29.2 Å². The Morgan fingerprint density at radius 2 is 1.90 bits per heavy atom. The van der Waals surface area contributed by atoms with E-state index in [-0.39, 0.29) is 41.2 Å². The van der Waals surface area contributed by atoms with Gasteiger partial charge in [-0.25, -0.2) is 8.42 Å². The van der Waals surface area contributed by atoms with Crippen LogP contribution in [-0.2, 0) is 21.6 Å². The summed E-state index contributed by atoms with van der Waals surface area (Å²) < 4.78 is 40.3. The van der Waals surface area contributed by atoms with Crippen molar-refractivity contribution in [1.29, 1.82) is 0 Å². The van der Waals surface area contributed by atoms with Crippen LogP contribution >= 0.6 is 12.2 Å². The van der Waals surface area contributed by atoms with E-state index < -0.39 is 10.1 Å². The van der Waals surface area contributed by atoms with E-state index in [0.29, 0.717) is 10.5 Å². The number of rotatable bonds is 4. The van der Waals surface area contributed by atoms with E-state index in [9.17, 15) is 13.0 Å². The second kappa shape index (κ2) is 6.89. The molecule has 0 aliphatic carbocycles. The van der Waals surface area contributed by atoms with Gasteiger partial charge in [0.05, 0.1) is 10.6 Å². The van der Waals surface area contributed by atoms with Gasteiger partial charge in [0.2, 0.25) is 4.77 Å². The second-order valence-electron chi connectivity index (χ2n) is 3.54. The van der Waals surface area contributed by atoms with Gasteiger partial charge in [0.15, 0.2) is 0 Å². The molecule has 0 N–H and O–H groups in total. The van der Waals surface area contributed by atoms with Crippen molar-refractivity contribution in [2.24, 2.45) is 0 Å². The fraction of sp³-hybridized carbons (Fsp3) is 0.222. The molecule has 0 bridgehead atoms. The second-order valence-corrected chi connectivity index (χ2v) is 5.28. The van der Waals surface area contributed by atoms with Crippen LogP contribution in [0, 0.1) is 4.77 Å². The van der Waals surface area contributed by atoms with E-state index >= 15 is 0 Å². The minimum Gasteiger partial charge on any atom is -0.744 e. The van der Waals surface area contributed by atoms with Gasteiger partial charge in [0, 0.05) is 7.11 Å². The number of methoxy groups -OCH3 is 1. The predicted molar refractivity (Wildman–Crippen MR) is 65.2 cm³/mol. The summed E-state index contributed by atoms with van der Waals surface area (Å²) in [6.45, 7) is 0.159. The molecule has 0 atom stereocenters. The molecule has 8 nitrogen and oxygen atoms in total. The molecule has 0 aliphatic rings. The summed E-state index contributed by atoms with van der Waals surface area (Å²) in [7, 11) is -2.97. The number of ether oxygens (including phenoxy) is 1. The summed E-state index contributed by atoms with van der Waals surface area (Å²) >= 11 is 5.12. The smallest absolute Gasteiger partial charge is 0.744 e. The molecule has 0 saturated carbocycles. The maximum atomic E-state index is 10.8. The number of benzene rings is 1. The van der Waals surface area contributed by atoms with Crippen molar-refractivity contribution in [3.05, 3.63) is 29.0 Å². The van der Waals surface area contributed by atoms with Gasteiger partial charge >= 0.3 is 29.6 Å². The molecule has 2 aromatic rings. The van der Waals surface area contributed by atoms with E-state index in [4.69, 9.17) is 17.0 Å². The van der Waals surface area contributed by atoms with Gasteiger partial charge in [-0.1, -0.05) is 0 Å². The Hall–Kier alpha value is -0.620. The molecule has 0 aliphatic heterocycles. The van der Waals surface area contributed by atoms with Gasteiger partial charge in [0.25, 0.3) is 0 Å². The van der Waals surface area contributed by atoms with Crippen LogP contribution in [0.3, 0.4) is 0 Å². The fourth-order valence-corrected chi connectivity index (χ4v) is 2.09. The number of nitrogens with zero attached hydrogens (tertiary/aromatic N) is 4. The van der Waals surface area contributed by atoms with E-state index in [1.807, 2.05) is 0 Å². The molecule has 0 amide bonds. The molecule has 1 aromatic heterocycles. The molecule has 0 spiro atoms. The number of aromatic nitrogens is 4. The van der Waals surface area contributed by atoms with Crippen LogP contribution in [-0.4, -0.2) is 39.9 Å². The van der Waals surface area contributed by atoms with Crippen molar-refractivity contribution in [2.45, 2.75) is 11.6 Å². The first-order chi connectivity index (χ1) is 8.93. The van der Waals surface area contributed by atoms with Crippen molar-refractivity contribution in [3.8, 4) is 5.69 Å². The van der Waals surface area contributed by atoms with E-state index in [1.165, 1.54) is 40.7 Å².